The van der Waals surface area contributed by atoms with Crippen LogP contribution in [0.4, 0.5) is 10.1 Å². The maximum Gasteiger partial charge on any atom is 0.143 e. The zero-order valence-electron chi connectivity index (χ0n) is 12.4. The minimum absolute atomic E-state index is 0.00812. The first-order chi connectivity index (χ1) is 10.7. The number of ether oxygens (including phenoxy) is 1. The summed E-state index contributed by atoms with van der Waals surface area (Å²) in [5.74, 6) is -0.476. The lowest BCUT2D eigenvalue weighted by Crippen LogP contribution is -2.43. The van der Waals surface area contributed by atoms with Crippen molar-refractivity contribution in [3.05, 3.63) is 65.5 Å². The monoisotopic (exact) mass is 296 g/mol. The molecule has 0 aliphatic carbocycles. The molecule has 0 spiro atoms. The van der Waals surface area contributed by atoms with E-state index >= 15 is 0 Å². The Morgan fingerprint density at radius 1 is 1.14 bits per heavy atom. The maximum atomic E-state index is 13.8. The Bertz CT molecular complexity index is 696. The number of nitriles is 1. The van der Waals surface area contributed by atoms with E-state index in [2.05, 4.69) is 0 Å². The Morgan fingerprint density at radius 3 is 2.64 bits per heavy atom. The van der Waals surface area contributed by atoms with Gasteiger partial charge in [0.25, 0.3) is 0 Å². The molecule has 1 heterocycles. The number of halogens is 1. The molecule has 22 heavy (non-hydrogen) atoms. The number of hydrogen-bond donors (Lipinski definition) is 0. The standard InChI is InChI=1S/C18H17FN2O/c1-13-11-21(17-9-5-8-16(19)15(17)10-20)12-18(22-13)14-6-3-2-4-7-14/h2-9,13,18H,11-12H2,1H3. The molecule has 1 saturated heterocycles. The highest BCUT2D eigenvalue weighted by Gasteiger charge is 2.28. The highest BCUT2D eigenvalue weighted by molar-refractivity contribution is 5.60. The molecular formula is C18H17FN2O. The summed E-state index contributed by atoms with van der Waals surface area (Å²) in [7, 11) is 0. The van der Waals surface area contributed by atoms with Crippen LogP contribution in [0.5, 0.6) is 0 Å². The molecule has 2 atom stereocenters. The largest absolute Gasteiger partial charge is 0.367 e. The molecule has 2 aromatic rings. The van der Waals surface area contributed by atoms with Crippen LogP contribution in [-0.2, 0) is 4.74 Å². The fourth-order valence-electron chi connectivity index (χ4n) is 2.89. The first-order valence-electron chi connectivity index (χ1n) is 7.33. The van der Waals surface area contributed by atoms with E-state index in [0.29, 0.717) is 18.8 Å². The third-order valence-corrected chi connectivity index (χ3v) is 3.88. The minimum Gasteiger partial charge on any atom is -0.367 e. The molecule has 0 radical (unpaired) electrons. The van der Waals surface area contributed by atoms with Gasteiger partial charge in [-0.25, -0.2) is 4.39 Å². The van der Waals surface area contributed by atoms with E-state index in [1.807, 2.05) is 48.2 Å². The number of morpholine rings is 1. The fourth-order valence-corrected chi connectivity index (χ4v) is 2.89. The summed E-state index contributed by atoms with van der Waals surface area (Å²) in [5, 5.41) is 9.23. The van der Waals surface area contributed by atoms with Gasteiger partial charge in [-0.15, -0.1) is 0 Å². The third-order valence-electron chi connectivity index (χ3n) is 3.88. The maximum absolute atomic E-state index is 13.8. The number of hydrogen-bond acceptors (Lipinski definition) is 3. The first kappa shape index (κ1) is 14.6. The summed E-state index contributed by atoms with van der Waals surface area (Å²) >= 11 is 0. The molecule has 0 aromatic heterocycles. The van der Waals surface area contributed by atoms with Gasteiger partial charge in [-0.1, -0.05) is 36.4 Å². The van der Waals surface area contributed by atoms with E-state index in [9.17, 15) is 9.65 Å². The zero-order chi connectivity index (χ0) is 15.5. The molecule has 0 bridgehead atoms. The molecule has 3 nitrogen and oxygen atoms in total. The molecule has 0 amide bonds. The van der Waals surface area contributed by atoms with Gasteiger partial charge in [0.2, 0.25) is 0 Å². The van der Waals surface area contributed by atoms with Crippen LogP contribution in [-0.4, -0.2) is 19.2 Å². The van der Waals surface area contributed by atoms with Crippen LogP contribution in [0, 0.1) is 17.1 Å². The molecule has 3 rings (SSSR count). The topological polar surface area (TPSA) is 36.3 Å². The van der Waals surface area contributed by atoms with Crippen LogP contribution in [0.15, 0.2) is 48.5 Å². The Hall–Kier alpha value is -2.38. The van der Waals surface area contributed by atoms with Crippen molar-refractivity contribution >= 4 is 5.69 Å². The molecule has 0 saturated carbocycles. The van der Waals surface area contributed by atoms with Crippen LogP contribution in [0.1, 0.15) is 24.2 Å². The molecule has 2 unspecified atom stereocenters. The molecular weight excluding hydrogens is 279 g/mol. The van der Waals surface area contributed by atoms with Gasteiger partial charge in [0.05, 0.1) is 11.8 Å². The Balaban J connectivity index is 1.92. The summed E-state index contributed by atoms with van der Waals surface area (Å²) in [5.41, 5.74) is 1.83. The van der Waals surface area contributed by atoms with Crippen molar-refractivity contribution in [3.63, 3.8) is 0 Å². The van der Waals surface area contributed by atoms with Crippen LogP contribution < -0.4 is 4.90 Å². The Labute approximate surface area is 129 Å². The lowest BCUT2D eigenvalue weighted by Gasteiger charge is -2.38. The highest BCUT2D eigenvalue weighted by atomic mass is 19.1. The lowest BCUT2D eigenvalue weighted by atomic mass is 10.0. The molecule has 1 aliphatic heterocycles. The number of benzene rings is 2. The van der Waals surface area contributed by atoms with Crippen molar-refractivity contribution in [2.75, 3.05) is 18.0 Å². The highest BCUT2D eigenvalue weighted by Crippen LogP contribution is 2.31. The van der Waals surface area contributed by atoms with Gasteiger partial charge in [0.1, 0.15) is 23.6 Å². The van der Waals surface area contributed by atoms with Crippen LogP contribution in [0.3, 0.4) is 0 Å². The minimum atomic E-state index is -0.476. The van der Waals surface area contributed by atoms with Crippen molar-refractivity contribution in [1.82, 2.24) is 0 Å². The second-order valence-corrected chi connectivity index (χ2v) is 5.50. The molecule has 0 N–H and O–H groups in total. The van der Waals surface area contributed by atoms with E-state index in [1.165, 1.54) is 6.07 Å². The molecule has 112 valence electrons. The third kappa shape index (κ3) is 2.81. The van der Waals surface area contributed by atoms with Crippen molar-refractivity contribution in [1.29, 1.82) is 5.26 Å². The van der Waals surface area contributed by atoms with Crippen molar-refractivity contribution in [3.8, 4) is 6.07 Å². The van der Waals surface area contributed by atoms with Gasteiger partial charge in [0.15, 0.2) is 0 Å². The summed E-state index contributed by atoms with van der Waals surface area (Å²) in [6, 6.07) is 16.7. The SMILES string of the molecule is CC1CN(c2cccc(F)c2C#N)CC(c2ccccc2)O1. The normalized spacial score (nSPS) is 21.4. The van der Waals surface area contributed by atoms with Crippen molar-refractivity contribution in [2.45, 2.75) is 19.1 Å². The summed E-state index contributed by atoms with van der Waals surface area (Å²) < 4.78 is 19.9. The van der Waals surface area contributed by atoms with Crippen LogP contribution >= 0.6 is 0 Å². The summed E-state index contributed by atoms with van der Waals surface area (Å²) in [6.45, 7) is 3.24. The Morgan fingerprint density at radius 2 is 1.91 bits per heavy atom. The smallest absolute Gasteiger partial charge is 0.143 e. The molecule has 4 heteroatoms. The number of anilines is 1. The number of nitrogens with zero attached hydrogens (tertiary/aromatic N) is 2. The second-order valence-electron chi connectivity index (χ2n) is 5.50. The second kappa shape index (κ2) is 6.17. The quantitative estimate of drug-likeness (QED) is 0.848. The van der Waals surface area contributed by atoms with Gasteiger partial charge in [-0.3, -0.25) is 0 Å². The van der Waals surface area contributed by atoms with E-state index in [4.69, 9.17) is 4.74 Å². The van der Waals surface area contributed by atoms with Gasteiger partial charge in [0, 0.05) is 13.1 Å². The van der Waals surface area contributed by atoms with Crippen molar-refractivity contribution < 1.29 is 9.13 Å². The first-order valence-corrected chi connectivity index (χ1v) is 7.33. The van der Waals surface area contributed by atoms with Gasteiger partial charge < -0.3 is 9.64 Å². The molecule has 2 aromatic carbocycles. The lowest BCUT2D eigenvalue weighted by molar-refractivity contribution is -0.0174. The summed E-state index contributed by atoms with van der Waals surface area (Å²) in [6.07, 6.45) is -0.0754. The van der Waals surface area contributed by atoms with Gasteiger partial charge >= 0.3 is 0 Å². The zero-order valence-corrected chi connectivity index (χ0v) is 12.4. The molecule has 1 aliphatic rings. The number of rotatable bonds is 2. The van der Waals surface area contributed by atoms with E-state index in [-0.39, 0.29) is 17.8 Å². The fraction of sp³-hybridized carbons (Fsp3) is 0.278. The van der Waals surface area contributed by atoms with Crippen molar-refractivity contribution in [2.24, 2.45) is 0 Å². The van der Waals surface area contributed by atoms with E-state index in [0.717, 1.165) is 5.56 Å². The predicted molar refractivity (Wildman–Crippen MR) is 83.1 cm³/mol. The average molecular weight is 296 g/mol. The summed E-state index contributed by atoms with van der Waals surface area (Å²) in [4.78, 5) is 2.04. The van der Waals surface area contributed by atoms with Crippen LogP contribution in [0.2, 0.25) is 0 Å². The Kier molecular flexibility index (Phi) is 4.08. The van der Waals surface area contributed by atoms with Gasteiger partial charge in [-0.2, -0.15) is 5.26 Å². The predicted octanol–water partition coefficient (Wildman–Crippen LogP) is 3.66. The van der Waals surface area contributed by atoms with E-state index in [1.54, 1.807) is 12.1 Å². The molecule has 1 fully saturated rings. The van der Waals surface area contributed by atoms with Gasteiger partial charge in [-0.05, 0) is 24.6 Å². The van der Waals surface area contributed by atoms with Crippen LogP contribution in [0.25, 0.3) is 0 Å². The van der Waals surface area contributed by atoms with E-state index < -0.39 is 5.82 Å². The average Bonchev–Trinajstić information content (AvgIpc) is 2.55.